The Bertz CT molecular complexity index is 612. The molecule has 0 bridgehead atoms. The monoisotopic (exact) mass is 334 g/mol. The van der Waals surface area contributed by atoms with Gasteiger partial charge < -0.3 is 15.8 Å². The lowest BCUT2D eigenvalue weighted by atomic mass is 10.2. The number of methoxy groups -OCH3 is 1. The number of benzene rings is 2. The number of rotatable bonds is 4. The zero-order chi connectivity index (χ0) is 14.5. The van der Waals surface area contributed by atoms with E-state index >= 15 is 0 Å². The molecule has 0 unspecified atom stereocenters. The highest BCUT2D eigenvalue weighted by Crippen LogP contribution is 2.25. The highest BCUT2D eigenvalue weighted by Gasteiger charge is 2.06. The molecular formula is C15H15BrN2O2. The summed E-state index contributed by atoms with van der Waals surface area (Å²) in [5.74, 6) is 0.635. The van der Waals surface area contributed by atoms with Crippen LogP contribution in [0.25, 0.3) is 0 Å². The first-order valence-electron chi connectivity index (χ1n) is 6.06. The van der Waals surface area contributed by atoms with Gasteiger partial charge in [-0.05, 0) is 57.9 Å². The van der Waals surface area contributed by atoms with Gasteiger partial charge in [-0.15, -0.1) is 0 Å². The van der Waals surface area contributed by atoms with Crippen LogP contribution >= 0.6 is 15.9 Å². The van der Waals surface area contributed by atoms with E-state index in [1.807, 2.05) is 18.2 Å². The molecule has 0 saturated carbocycles. The summed E-state index contributed by atoms with van der Waals surface area (Å²) in [6.07, 6.45) is 0. The second kappa shape index (κ2) is 6.43. The van der Waals surface area contributed by atoms with Gasteiger partial charge in [-0.3, -0.25) is 4.79 Å². The summed E-state index contributed by atoms with van der Waals surface area (Å²) in [7, 11) is 1.61. The van der Waals surface area contributed by atoms with Crippen LogP contribution in [0.1, 0.15) is 15.9 Å². The first-order chi connectivity index (χ1) is 9.60. The van der Waals surface area contributed by atoms with Crippen LogP contribution < -0.4 is 15.8 Å². The fourth-order valence-corrected chi connectivity index (χ4v) is 2.33. The van der Waals surface area contributed by atoms with E-state index in [4.69, 9.17) is 10.5 Å². The minimum absolute atomic E-state index is 0.128. The number of halogens is 1. The van der Waals surface area contributed by atoms with Crippen LogP contribution in [0.15, 0.2) is 46.9 Å². The van der Waals surface area contributed by atoms with Crippen molar-refractivity contribution in [2.24, 2.45) is 0 Å². The number of anilines is 1. The smallest absolute Gasteiger partial charge is 0.251 e. The van der Waals surface area contributed by atoms with E-state index in [9.17, 15) is 4.79 Å². The lowest BCUT2D eigenvalue weighted by Gasteiger charge is -2.08. The molecule has 0 radical (unpaired) electrons. The van der Waals surface area contributed by atoms with Crippen molar-refractivity contribution in [3.05, 3.63) is 58.1 Å². The summed E-state index contributed by atoms with van der Waals surface area (Å²) in [5, 5.41) is 2.86. The average molecular weight is 335 g/mol. The number of nitrogens with one attached hydrogen (secondary N) is 1. The number of nitrogen functional groups attached to an aromatic ring is 1. The van der Waals surface area contributed by atoms with Crippen LogP contribution in [0.2, 0.25) is 0 Å². The van der Waals surface area contributed by atoms with Crippen LogP contribution in [0.3, 0.4) is 0 Å². The average Bonchev–Trinajstić information content (AvgIpc) is 2.45. The molecule has 0 saturated heterocycles. The Morgan fingerprint density at radius 3 is 2.55 bits per heavy atom. The summed E-state index contributed by atoms with van der Waals surface area (Å²) >= 11 is 3.42. The highest BCUT2D eigenvalue weighted by molar-refractivity contribution is 9.10. The van der Waals surface area contributed by atoms with Crippen molar-refractivity contribution >= 4 is 27.5 Å². The third-order valence-corrected chi connectivity index (χ3v) is 3.46. The summed E-state index contributed by atoms with van der Waals surface area (Å²) < 4.78 is 6.02. The van der Waals surface area contributed by atoms with Gasteiger partial charge >= 0.3 is 0 Å². The van der Waals surface area contributed by atoms with Gasteiger partial charge in [-0.1, -0.05) is 6.07 Å². The predicted octanol–water partition coefficient (Wildman–Crippen LogP) is 2.97. The lowest BCUT2D eigenvalue weighted by Crippen LogP contribution is -2.22. The number of nitrogens with two attached hydrogens (primary N) is 1. The predicted molar refractivity (Wildman–Crippen MR) is 82.7 cm³/mol. The summed E-state index contributed by atoms with van der Waals surface area (Å²) in [5.41, 5.74) is 7.80. The van der Waals surface area contributed by atoms with Crippen LogP contribution in [0.5, 0.6) is 5.75 Å². The number of ether oxygens (including phenoxy) is 1. The standard InChI is InChI=1S/C15H15BrN2O2/c1-20-14-7-2-10(8-13(14)16)9-18-15(19)11-3-5-12(17)6-4-11/h2-8H,9,17H2,1H3,(H,18,19). The number of amides is 1. The summed E-state index contributed by atoms with van der Waals surface area (Å²) in [4.78, 5) is 11.9. The molecule has 0 fully saturated rings. The maximum absolute atomic E-state index is 11.9. The zero-order valence-corrected chi connectivity index (χ0v) is 12.6. The van der Waals surface area contributed by atoms with Crippen LogP contribution in [-0.4, -0.2) is 13.0 Å². The van der Waals surface area contributed by atoms with Gasteiger partial charge in [-0.2, -0.15) is 0 Å². The SMILES string of the molecule is COc1ccc(CNC(=O)c2ccc(N)cc2)cc1Br. The Morgan fingerprint density at radius 1 is 1.25 bits per heavy atom. The molecule has 0 aromatic heterocycles. The van der Waals surface area contributed by atoms with E-state index in [0.29, 0.717) is 17.8 Å². The van der Waals surface area contributed by atoms with Gasteiger partial charge in [0, 0.05) is 17.8 Å². The first kappa shape index (κ1) is 14.4. The van der Waals surface area contributed by atoms with Crippen molar-refractivity contribution in [3.8, 4) is 5.75 Å². The molecule has 2 aromatic carbocycles. The molecule has 0 heterocycles. The van der Waals surface area contributed by atoms with Crippen molar-refractivity contribution in [1.29, 1.82) is 0 Å². The van der Waals surface area contributed by atoms with Crippen molar-refractivity contribution < 1.29 is 9.53 Å². The van der Waals surface area contributed by atoms with Crippen LogP contribution in [-0.2, 0) is 6.54 Å². The second-order valence-electron chi connectivity index (χ2n) is 4.27. The minimum atomic E-state index is -0.128. The molecule has 1 amide bonds. The molecule has 4 nitrogen and oxygen atoms in total. The number of carbonyl (C=O) groups is 1. The van der Waals surface area contributed by atoms with Crippen LogP contribution in [0, 0.1) is 0 Å². The van der Waals surface area contributed by atoms with E-state index in [-0.39, 0.29) is 5.91 Å². The third kappa shape index (κ3) is 3.51. The molecular weight excluding hydrogens is 320 g/mol. The maximum Gasteiger partial charge on any atom is 0.251 e. The topological polar surface area (TPSA) is 64.3 Å². The quantitative estimate of drug-likeness (QED) is 0.845. The Kier molecular flexibility index (Phi) is 4.63. The molecule has 104 valence electrons. The number of carbonyl (C=O) groups excluding carboxylic acids is 1. The molecule has 5 heteroatoms. The molecule has 0 aliphatic carbocycles. The Balaban J connectivity index is 1.99. The van der Waals surface area contributed by atoms with Crippen molar-refractivity contribution in [2.75, 3.05) is 12.8 Å². The highest BCUT2D eigenvalue weighted by atomic mass is 79.9. The number of hydrogen-bond donors (Lipinski definition) is 2. The minimum Gasteiger partial charge on any atom is -0.496 e. The molecule has 0 spiro atoms. The van der Waals surface area contributed by atoms with Crippen molar-refractivity contribution in [3.63, 3.8) is 0 Å². The normalized spacial score (nSPS) is 10.1. The lowest BCUT2D eigenvalue weighted by molar-refractivity contribution is 0.0951. The van der Waals surface area contributed by atoms with E-state index in [2.05, 4.69) is 21.2 Å². The maximum atomic E-state index is 11.9. The largest absolute Gasteiger partial charge is 0.496 e. The summed E-state index contributed by atoms with van der Waals surface area (Å²) in [6, 6.07) is 12.5. The fraction of sp³-hybridized carbons (Fsp3) is 0.133. The van der Waals surface area contributed by atoms with E-state index < -0.39 is 0 Å². The molecule has 20 heavy (non-hydrogen) atoms. The Hall–Kier alpha value is -2.01. The van der Waals surface area contributed by atoms with E-state index in [1.165, 1.54) is 0 Å². The van der Waals surface area contributed by atoms with Crippen molar-refractivity contribution in [1.82, 2.24) is 5.32 Å². The van der Waals surface area contributed by atoms with Gasteiger partial charge in [0.15, 0.2) is 0 Å². The van der Waals surface area contributed by atoms with Gasteiger partial charge in [0.2, 0.25) is 0 Å². The molecule has 3 N–H and O–H groups in total. The van der Waals surface area contributed by atoms with E-state index in [0.717, 1.165) is 15.8 Å². The molecule has 0 aliphatic heterocycles. The van der Waals surface area contributed by atoms with Gasteiger partial charge in [0.25, 0.3) is 5.91 Å². The van der Waals surface area contributed by atoms with Gasteiger partial charge in [0.1, 0.15) is 5.75 Å². The molecule has 2 aromatic rings. The second-order valence-corrected chi connectivity index (χ2v) is 5.13. The Labute approximate surface area is 126 Å². The number of hydrogen-bond acceptors (Lipinski definition) is 3. The third-order valence-electron chi connectivity index (χ3n) is 2.84. The van der Waals surface area contributed by atoms with Crippen LogP contribution in [0.4, 0.5) is 5.69 Å². The molecule has 0 aliphatic rings. The van der Waals surface area contributed by atoms with Crippen molar-refractivity contribution in [2.45, 2.75) is 6.54 Å². The van der Waals surface area contributed by atoms with E-state index in [1.54, 1.807) is 31.4 Å². The van der Waals surface area contributed by atoms with Gasteiger partial charge in [-0.25, -0.2) is 0 Å². The first-order valence-corrected chi connectivity index (χ1v) is 6.85. The summed E-state index contributed by atoms with van der Waals surface area (Å²) in [6.45, 7) is 0.450. The zero-order valence-electron chi connectivity index (χ0n) is 11.0. The fourth-order valence-electron chi connectivity index (χ4n) is 1.74. The molecule has 0 atom stereocenters. The van der Waals surface area contributed by atoms with Gasteiger partial charge in [0.05, 0.1) is 11.6 Å². The molecule has 2 rings (SSSR count). The Morgan fingerprint density at radius 2 is 1.95 bits per heavy atom.